The highest BCUT2D eigenvalue weighted by molar-refractivity contribution is 7.09. The topological polar surface area (TPSA) is 46.9 Å². The molecule has 0 spiro atoms. The molecular weight excluding hydrogens is 351 g/mol. The van der Waals surface area contributed by atoms with Gasteiger partial charge >= 0.3 is 0 Å². The van der Waals surface area contributed by atoms with Crippen LogP contribution >= 0.6 is 11.3 Å². The molecule has 1 N–H and O–H groups in total. The number of halogens is 3. The lowest BCUT2D eigenvalue weighted by Gasteiger charge is -2.24. The molecule has 0 aliphatic carbocycles. The highest BCUT2D eigenvalue weighted by Crippen LogP contribution is 2.39. The first-order valence-corrected chi connectivity index (χ1v) is 8.44. The molecule has 1 amide bonds. The number of thiophene rings is 1. The van der Waals surface area contributed by atoms with Crippen molar-refractivity contribution in [3.8, 4) is 0 Å². The summed E-state index contributed by atoms with van der Waals surface area (Å²) in [6, 6.07) is 5.90. The lowest BCUT2D eigenvalue weighted by atomic mass is 9.87. The van der Waals surface area contributed by atoms with E-state index in [0.717, 1.165) is 10.9 Å². The third-order valence-electron chi connectivity index (χ3n) is 4.22. The van der Waals surface area contributed by atoms with Crippen LogP contribution in [0.25, 0.3) is 0 Å². The number of nitrogens with zero attached hydrogens (tertiary/aromatic N) is 2. The third kappa shape index (κ3) is 2.72. The number of carbonyl (C=O) groups is 1. The summed E-state index contributed by atoms with van der Waals surface area (Å²) < 4.78 is 42.6. The quantitative estimate of drug-likeness (QED) is 0.718. The first-order valence-electron chi connectivity index (χ1n) is 7.56. The first-order chi connectivity index (χ1) is 12.0. The van der Waals surface area contributed by atoms with Gasteiger partial charge in [-0.05, 0) is 23.1 Å². The first kappa shape index (κ1) is 15.9. The number of amides is 1. The Kier molecular flexibility index (Phi) is 3.84. The Hall–Kier alpha value is -2.61. The monoisotopic (exact) mass is 363 g/mol. The lowest BCUT2D eigenvalue weighted by molar-refractivity contribution is -0.116. The Morgan fingerprint density at radius 1 is 1.20 bits per heavy atom. The molecule has 0 saturated heterocycles. The zero-order chi connectivity index (χ0) is 17.6. The predicted molar refractivity (Wildman–Crippen MR) is 87.1 cm³/mol. The molecule has 0 unspecified atom stereocenters. The predicted octanol–water partition coefficient (Wildman–Crippen LogP) is 3.88. The second kappa shape index (κ2) is 6.03. The standard InChI is InChI=1S/C17H12F3N3OS/c18-13-4-3-10(15(19)16(13)20)11-6-14(24)22-17-12(11)7-21-23(17)8-9-2-1-5-25-9/h1-5,7,11H,6,8H2,(H,22,24)/t11-/m1/s1. The molecule has 0 fully saturated rings. The van der Waals surface area contributed by atoms with E-state index in [1.54, 1.807) is 16.0 Å². The van der Waals surface area contributed by atoms with Gasteiger partial charge in [0.1, 0.15) is 5.82 Å². The van der Waals surface area contributed by atoms with E-state index >= 15 is 0 Å². The maximum atomic E-state index is 14.2. The van der Waals surface area contributed by atoms with Crippen LogP contribution in [-0.2, 0) is 11.3 Å². The molecule has 128 valence electrons. The molecule has 0 radical (unpaired) electrons. The van der Waals surface area contributed by atoms with Gasteiger partial charge < -0.3 is 5.32 Å². The molecule has 1 aliphatic rings. The van der Waals surface area contributed by atoms with E-state index in [0.29, 0.717) is 17.9 Å². The minimum Gasteiger partial charge on any atom is -0.311 e. The Morgan fingerprint density at radius 2 is 2.04 bits per heavy atom. The number of nitrogens with one attached hydrogen (secondary N) is 1. The molecule has 0 bridgehead atoms. The van der Waals surface area contributed by atoms with Gasteiger partial charge in [0.2, 0.25) is 5.91 Å². The Bertz CT molecular complexity index is 952. The molecule has 4 rings (SSSR count). The normalized spacial score (nSPS) is 16.6. The number of hydrogen-bond donors (Lipinski definition) is 1. The van der Waals surface area contributed by atoms with E-state index in [2.05, 4.69) is 10.4 Å². The number of aromatic nitrogens is 2. The van der Waals surface area contributed by atoms with Crippen LogP contribution in [0.1, 0.15) is 28.3 Å². The zero-order valence-corrected chi connectivity index (χ0v) is 13.6. The third-order valence-corrected chi connectivity index (χ3v) is 5.08. The molecule has 2 aromatic heterocycles. The average molecular weight is 363 g/mol. The average Bonchev–Trinajstić information content (AvgIpc) is 3.23. The van der Waals surface area contributed by atoms with Gasteiger partial charge in [-0.15, -0.1) is 11.3 Å². The van der Waals surface area contributed by atoms with Crippen molar-refractivity contribution in [1.29, 1.82) is 0 Å². The van der Waals surface area contributed by atoms with Crippen molar-refractivity contribution in [3.05, 3.63) is 69.3 Å². The number of fused-ring (bicyclic) bond motifs is 1. The fraction of sp³-hybridized carbons (Fsp3) is 0.176. The SMILES string of the molecule is O=C1C[C@H](c2ccc(F)c(F)c2F)c2cnn(Cc3cccs3)c2N1. The Labute approximate surface area is 144 Å². The highest BCUT2D eigenvalue weighted by atomic mass is 32.1. The molecule has 25 heavy (non-hydrogen) atoms. The van der Waals surface area contributed by atoms with E-state index in [1.165, 1.54) is 12.3 Å². The minimum absolute atomic E-state index is 0.0503. The second-order valence-corrected chi connectivity index (χ2v) is 6.79. The van der Waals surface area contributed by atoms with Crippen LogP contribution in [-0.4, -0.2) is 15.7 Å². The van der Waals surface area contributed by atoms with Crippen LogP contribution in [0.4, 0.5) is 19.0 Å². The maximum absolute atomic E-state index is 14.2. The van der Waals surface area contributed by atoms with Crippen molar-refractivity contribution in [3.63, 3.8) is 0 Å². The molecule has 3 aromatic rings. The zero-order valence-electron chi connectivity index (χ0n) is 12.8. The van der Waals surface area contributed by atoms with Crippen LogP contribution in [0, 0.1) is 17.5 Å². The summed E-state index contributed by atoms with van der Waals surface area (Å²) in [5, 5.41) is 8.95. The maximum Gasteiger partial charge on any atom is 0.226 e. The van der Waals surface area contributed by atoms with Crippen LogP contribution in [0.3, 0.4) is 0 Å². The van der Waals surface area contributed by atoms with Gasteiger partial charge in [-0.25, -0.2) is 17.9 Å². The second-order valence-electron chi connectivity index (χ2n) is 5.75. The van der Waals surface area contributed by atoms with Gasteiger partial charge in [0, 0.05) is 22.8 Å². The van der Waals surface area contributed by atoms with Crippen molar-refractivity contribution < 1.29 is 18.0 Å². The fourth-order valence-electron chi connectivity index (χ4n) is 3.03. The summed E-state index contributed by atoms with van der Waals surface area (Å²) in [6.07, 6.45) is 1.48. The van der Waals surface area contributed by atoms with Crippen molar-refractivity contribution in [2.45, 2.75) is 18.9 Å². The van der Waals surface area contributed by atoms with Crippen molar-refractivity contribution in [2.24, 2.45) is 0 Å². The van der Waals surface area contributed by atoms with Crippen LogP contribution in [0.15, 0.2) is 35.8 Å². The summed E-state index contributed by atoms with van der Waals surface area (Å²) in [7, 11) is 0. The van der Waals surface area contributed by atoms with E-state index in [9.17, 15) is 18.0 Å². The summed E-state index contributed by atoms with van der Waals surface area (Å²) in [4.78, 5) is 13.1. The summed E-state index contributed by atoms with van der Waals surface area (Å²) in [5.74, 6) is -4.63. The molecule has 1 aromatic carbocycles. The molecular formula is C17H12F3N3OS. The van der Waals surface area contributed by atoms with E-state index in [1.807, 2.05) is 17.5 Å². The minimum atomic E-state index is -1.53. The Morgan fingerprint density at radius 3 is 2.80 bits per heavy atom. The number of carbonyl (C=O) groups excluding carboxylic acids is 1. The summed E-state index contributed by atoms with van der Waals surface area (Å²) in [6.45, 7) is 0.459. The van der Waals surface area contributed by atoms with Crippen LogP contribution < -0.4 is 5.32 Å². The van der Waals surface area contributed by atoms with Crippen molar-refractivity contribution >= 4 is 23.1 Å². The van der Waals surface area contributed by atoms with E-state index in [4.69, 9.17) is 0 Å². The molecule has 3 heterocycles. The van der Waals surface area contributed by atoms with Crippen molar-refractivity contribution in [2.75, 3.05) is 5.32 Å². The van der Waals surface area contributed by atoms with Gasteiger partial charge in [0.15, 0.2) is 17.5 Å². The van der Waals surface area contributed by atoms with Gasteiger partial charge in [0.25, 0.3) is 0 Å². The van der Waals surface area contributed by atoms with Gasteiger partial charge in [0.05, 0.1) is 12.7 Å². The van der Waals surface area contributed by atoms with Crippen LogP contribution in [0.2, 0.25) is 0 Å². The largest absolute Gasteiger partial charge is 0.311 e. The fourth-order valence-corrected chi connectivity index (χ4v) is 3.71. The van der Waals surface area contributed by atoms with Gasteiger partial charge in [-0.1, -0.05) is 12.1 Å². The summed E-state index contributed by atoms with van der Waals surface area (Å²) >= 11 is 1.55. The highest BCUT2D eigenvalue weighted by Gasteiger charge is 2.32. The number of rotatable bonds is 3. The number of benzene rings is 1. The molecule has 0 saturated carbocycles. The van der Waals surface area contributed by atoms with E-state index in [-0.39, 0.29) is 17.9 Å². The number of hydrogen-bond acceptors (Lipinski definition) is 3. The summed E-state index contributed by atoms with van der Waals surface area (Å²) in [5.41, 5.74) is 0.534. The Balaban J connectivity index is 1.77. The molecule has 1 aliphatic heterocycles. The van der Waals surface area contributed by atoms with E-state index < -0.39 is 23.4 Å². The van der Waals surface area contributed by atoms with Gasteiger partial charge in [-0.2, -0.15) is 5.10 Å². The molecule has 8 heteroatoms. The lowest BCUT2D eigenvalue weighted by Crippen LogP contribution is -2.25. The van der Waals surface area contributed by atoms with Crippen LogP contribution in [0.5, 0.6) is 0 Å². The molecule has 4 nitrogen and oxygen atoms in total. The molecule has 1 atom stereocenters. The van der Waals surface area contributed by atoms with Gasteiger partial charge in [-0.3, -0.25) is 4.79 Å². The number of anilines is 1. The smallest absolute Gasteiger partial charge is 0.226 e. The van der Waals surface area contributed by atoms with Crippen molar-refractivity contribution in [1.82, 2.24) is 9.78 Å².